The molecule has 0 bridgehead atoms. The van der Waals surface area contributed by atoms with Crippen molar-refractivity contribution in [2.45, 2.75) is 6.92 Å². The first-order valence-electron chi connectivity index (χ1n) is 5.14. The molecule has 1 aromatic heterocycles. The fourth-order valence-electron chi connectivity index (χ4n) is 1.42. The lowest BCUT2D eigenvalue weighted by atomic mass is 10.1. The van der Waals surface area contributed by atoms with Crippen molar-refractivity contribution >= 4 is 11.6 Å². The predicted octanol–water partition coefficient (Wildman–Crippen LogP) is 2.78. The quantitative estimate of drug-likeness (QED) is 0.861. The highest BCUT2D eigenvalue weighted by Crippen LogP contribution is 2.11. The molecular formula is C13H11FN2O. The van der Waals surface area contributed by atoms with Gasteiger partial charge in [-0.05, 0) is 42.8 Å². The van der Waals surface area contributed by atoms with Crippen LogP contribution in [0.15, 0.2) is 42.7 Å². The van der Waals surface area contributed by atoms with Gasteiger partial charge in [0.15, 0.2) is 0 Å². The van der Waals surface area contributed by atoms with Gasteiger partial charge in [0.25, 0.3) is 5.91 Å². The molecule has 0 unspecified atom stereocenters. The van der Waals surface area contributed by atoms with Crippen LogP contribution in [0.2, 0.25) is 0 Å². The first-order valence-corrected chi connectivity index (χ1v) is 5.14. The average Bonchev–Trinajstić information content (AvgIpc) is 2.34. The van der Waals surface area contributed by atoms with E-state index in [1.54, 1.807) is 31.5 Å². The minimum atomic E-state index is -0.314. The number of benzene rings is 1. The standard InChI is InChI=1S/C13H11FN2O/c1-9-8-10(2-3-12(9)14)13(17)16-11-4-6-15-7-5-11/h2-8H,1H3,(H,15,16,17). The van der Waals surface area contributed by atoms with E-state index in [2.05, 4.69) is 10.3 Å². The summed E-state index contributed by atoms with van der Waals surface area (Å²) in [6, 6.07) is 7.64. The van der Waals surface area contributed by atoms with E-state index in [-0.39, 0.29) is 11.7 Å². The highest BCUT2D eigenvalue weighted by Gasteiger charge is 2.07. The maximum atomic E-state index is 13.0. The normalized spacial score (nSPS) is 10.0. The second kappa shape index (κ2) is 4.74. The zero-order valence-electron chi connectivity index (χ0n) is 9.27. The Morgan fingerprint density at radius 3 is 2.59 bits per heavy atom. The Bertz CT molecular complexity index is 540. The fraction of sp³-hybridized carbons (Fsp3) is 0.0769. The maximum Gasteiger partial charge on any atom is 0.255 e. The molecule has 0 aliphatic heterocycles. The lowest BCUT2D eigenvalue weighted by Crippen LogP contribution is -2.12. The number of nitrogens with one attached hydrogen (secondary N) is 1. The number of hydrogen-bond donors (Lipinski definition) is 1. The number of aromatic nitrogens is 1. The number of nitrogens with zero attached hydrogens (tertiary/aromatic N) is 1. The Morgan fingerprint density at radius 1 is 1.24 bits per heavy atom. The van der Waals surface area contributed by atoms with Gasteiger partial charge in [0, 0.05) is 23.6 Å². The number of anilines is 1. The summed E-state index contributed by atoms with van der Waals surface area (Å²) in [5.74, 6) is -0.579. The number of hydrogen-bond acceptors (Lipinski definition) is 2. The average molecular weight is 230 g/mol. The van der Waals surface area contributed by atoms with Gasteiger partial charge in [-0.1, -0.05) is 0 Å². The Balaban J connectivity index is 2.18. The number of amides is 1. The SMILES string of the molecule is Cc1cc(C(=O)Nc2ccncc2)ccc1F. The topological polar surface area (TPSA) is 42.0 Å². The third kappa shape index (κ3) is 2.66. The van der Waals surface area contributed by atoms with Gasteiger partial charge in [0.1, 0.15) is 5.82 Å². The number of carbonyl (C=O) groups excluding carboxylic acids is 1. The van der Waals surface area contributed by atoms with Gasteiger partial charge < -0.3 is 5.32 Å². The molecule has 0 saturated carbocycles. The molecule has 0 radical (unpaired) electrons. The van der Waals surface area contributed by atoms with Gasteiger partial charge in [0.05, 0.1) is 0 Å². The van der Waals surface area contributed by atoms with Gasteiger partial charge >= 0.3 is 0 Å². The highest BCUT2D eigenvalue weighted by atomic mass is 19.1. The van der Waals surface area contributed by atoms with Gasteiger partial charge in [-0.25, -0.2) is 4.39 Å². The van der Waals surface area contributed by atoms with Crippen molar-refractivity contribution in [3.8, 4) is 0 Å². The summed E-state index contributed by atoms with van der Waals surface area (Å²) in [6.45, 7) is 1.62. The van der Waals surface area contributed by atoms with Crippen molar-refractivity contribution in [2.24, 2.45) is 0 Å². The number of rotatable bonds is 2. The molecule has 0 atom stereocenters. The number of pyridine rings is 1. The smallest absolute Gasteiger partial charge is 0.255 e. The Kier molecular flexibility index (Phi) is 3.14. The molecular weight excluding hydrogens is 219 g/mol. The zero-order chi connectivity index (χ0) is 12.3. The molecule has 0 aliphatic rings. The molecule has 0 saturated heterocycles. The largest absolute Gasteiger partial charge is 0.322 e. The maximum absolute atomic E-state index is 13.0. The van der Waals surface area contributed by atoms with E-state index in [4.69, 9.17) is 0 Å². The second-order valence-corrected chi connectivity index (χ2v) is 3.65. The summed E-state index contributed by atoms with van der Waals surface area (Å²) in [5.41, 5.74) is 1.54. The molecule has 17 heavy (non-hydrogen) atoms. The fourth-order valence-corrected chi connectivity index (χ4v) is 1.42. The molecule has 4 heteroatoms. The van der Waals surface area contributed by atoms with E-state index >= 15 is 0 Å². The van der Waals surface area contributed by atoms with Crippen molar-refractivity contribution in [3.63, 3.8) is 0 Å². The molecule has 2 rings (SSSR count). The molecule has 2 aromatic rings. The molecule has 3 nitrogen and oxygen atoms in total. The van der Waals surface area contributed by atoms with Crippen LogP contribution in [0.25, 0.3) is 0 Å². The Labute approximate surface area is 98.3 Å². The van der Waals surface area contributed by atoms with E-state index in [0.29, 0.717) is 16.8 Å². The monoisotopic (exact) mass is 230 g/mol. The highest BCUT2D eigenvalue weighted by molar-refractivity contribution is 6.04. The summed E-state index contributed by atoms with van der Waals surface area (Å²) >= 11 is 0. The van der Waals surface area contributed by atoms with Gasteiger partial charge in [-0.15, -0.1) is 0 Å². The van der Waals surface area contributed by atoms with E-state index < -0.39 is 0 Å². The summed E-state index contributed by atoms with van der Waals surface area (Å²) in [4.78, 5) is 15.7. The lowest BCUT2D eigenvalue weighted by molar-refractivity contribution is 0.102. The second-order valence-electron chi connectivity index (χ2n) is 3.65. The van der Waals surface area contributed by atoms with Gasteiger partial charge in [0.2, 0.25) is 0 Å². The third-order valence-corrected chi connectivity index (χ3v) is 2.36. The van der Waals surface area contributed by atoms with Crippen molar-refractivity contribution in [3.05, 3.63) is 59.7 Å². The molecule has 1 heterocycles. The molecule has 1 aromatic carbocycles. The van der Waals surface area contributed by atoms with Crippen molar-refractivity contribution in [2.75, 3.05) is 5.32 Å². The van der Waals surface area contributed by atoms with Crippen LogP contribution in [0, 0.1) is 12.7 Å². The zero-order valence-corrected chi connectivity index (χ0v) is 9.27. The molecule has 86 valence electrons. The van der Waals surface area contributed by atoms with E-state index in [1.807, 2.05) is 0 Å². The minimum absolute atomic E-state index is 0.265. The van der Waals surface area contributed by atoms with Crippen LogP contribution in [-0.2, 0) is 0 Å². The molecule has 1 N–H and O–H groups in total. The minimum Gasteiger partial charge on any atom is -0.322 e. The molecule has 0 spiro atoms. The summed E-state index contributed by atoms with van der Waals surface area (Å²) in [5, 5.41) is 2.70. The van der Waals surface area contributed by atoms with Crippen LogP contribution in [0.1, 0.15) is 15.9 Å². The van der Waals surface area contributed by atoms with Crippen LogP contribution in [0.5, 0.6) is 0 Å². The van der Waals surface area contributed by atoms with E-state index in [1.165, 1.54) is 18.2 Å². The molecule has 0 aliphatic carbocycles. The molecule has 0 fully saturated rings. The van der Waals surface area contributed by atoms with Crippen LogP contribution >= 0.6 is 0 Å². The van der Waals surface area contributed by atoms with E-state index in [9.17, 15) is 9.18 Å². The van der Waals surface area contributed by atoms with Crippen LogP contribution in [0.3, 0.4) is 0 Å². The third-order valence-electron chi connectivity index (χ3n) is 2.36. The van der Waals surface area contributed by atoms with Crippen LogP contribution < -0.4 is 5.32 Å². The first-order chi connectivity index (χ1) is 8.16. The Hall–Kier alpha value is -2.23. The van der Waals surface area contributed by atoms with Crippen LogP contribution in [-0.4, -0.2) is 10.9 Å². The van der Waals surface area contributed by atoms with Gasteiger partial charge in [-0.3, -0.25) is 9.78 Å². The number of aryl methyl sites for hydroxylation is 1. The Morgan fingerprint density at radius 2 is 1.94 bits per heavy atom. The predicted molar refractivity (Wildman–Crippen MR) is 63.3 cm³/mol. The van der Waals surface area contributed by atoms with Crippen molar-refractivity contribution < 1.29 is 9.18 Å². The summed E-state index contributed by atoms with van der Waals surface area (Å²) in [7, 11) is 0. The molecule has 1 amide bonds. The van der Waals surface area contributed by atoms with Crippen molar-refractivity contribution in [1.82, 2.24) is 4.98 Å². The van der Waals surface area contributed by atoms with E-state index in [0.717, 1.165) is 0 Å². The summed E-state index contributed by atoms with van der Waals surface area (Å²) < 4.78 is 13.0. The van der Waals surface area contributed by atoms with Gasteiger partial charge in [-0.2, -0.15) is 0 Å². The number of halogens is 1. The van der Waals surface area contributed by atoms with Crippen LogP contribution in [0.4, 0.5) is 10.1 Å². The van der Waals surface area contributed by atoms with Crippen molar-refractivity contribution in [1.29, 1.82) is 0 Å². The summed E-state index contributed by atoms with van der Waals surface area (Å²) in [6.07, 6.45) is 3.18. The first kappa shape index (κ1) is 11.3. The lowest BCUT2D eigenvalue weighted by Gasteiger charge is -2.05. The number of carbonyl (C=O) groups is 1.